The predicted octanol–water partition coefficient (Wildman–Crippen LogP) is 2.81. The molecule has 0 saturated carbocycles. The zero-order chi connectivity index (χ0) is 13.1. The molecular formula is C12H10N2O4. The number of carbonyl (C=O) groups excluding carboxylic acids is 1. The van der Waals surface area contributed by atoms with E-state index in [0.717, 1.165) is 5.56 Å². The molecule has 1 aromatic heterocycles. The van der Waals surface area contributed by atoms with Crippen LogP contribution in [-0.2, 0) is 4.79 Å². The van der Waals surface area contributed by atoms with Crippen molar-refractivity contribution in [3.63, 3.8) is 0 Å². The second-order valence-corrected chi connectivity index (χ2v) is 3.68. The van der Waals surface area contributed by atoms with E-state index in [2.05, 4.69) is 5.32 Å². The third-order valence-electron chi connectivity index (χ3n) is 2.36. The number of nitro benzene ring substituents is 1. The third-order valence-corrected chi connectivity index (χ3v) is 2.36. The van der Waals surface area contributed by atoms with E-state index in [9.17, 15) is 14.9 Å². The lowest BCUT2D eigenvalue weighted by molar-refractivity contribution is -0.383. The number of amides is 1. The summed E-state index contributed by atoms with van der Waals surface area (Å²) in [6, 6.07) is 6.29. The number of hydrogen-bond donors (Lipinski definition) is 1. The zero-order valence-corrected chi connectivity index (χ0v) is 9.54. The molecule has 1 heterocycles. The molecule has 6 nitrogen and oxygen atoms in total. The maximum Gasteiger partial charge on any atom is 0.293 e. The summed E-state index contributed by atoms with van der Waals surface area (Å²) < 4.78 is 4.92. The molecule has 0 atom stereocenters. The second-order valence-electron chi connectivity index (χ2n) is 3.68. The van der Waals surface area contributed by atoms with E-state index in [1.165, 1.54) is 31.6 Å². The first-order valence-electron chi connectivity index (χ1n) is 5.16. The van der Waals surface area contributed by atoms with Crippen LogP contribution in [0.2, 0.25) is 0 Å². The standard InChI is InChI=1S/C12H10N2O4/c1-8(15)13-11-3-2-9(6-12(11)14(16)17)10-4-5-18-7-10/h2-7H,1H3,(H,13,15). The van der Waals surface area contributed by atoms with Crippen molar-refractivity contribution >= 4 is 17.3 Å². The summed E-state index contributed by atoms with van der Waals surface area (Å²) in [6.45, 7) is 1.30. The summed E-state index contributed by atoms with van der Waals surface area (Å²) in [5, 5.41) is 13.4. The van der Waals surface area contributed by atoms with Gasteiger partial charge < -0.3 is 9.73 Å². The second kappa shape index (κ2) is 4.70. The molecule has 6 heteroatoms. The fraction of sp³-hybridized carbons (Fsp3) is 0.0833. The van der Waals surface area contributed by atoms with Crippen LogP contribution in [0.5, 0.6) is 0 Å². The van der Waals surface area contributed by atoms with E-state index in [4.69, 9.17) is 4.42 Å². The fourth-order valence-corrected chi connectivity index (χ4v) is 1.59. The summed E-state index contributed by atoms with van der Waals surface area (Å²) in [5.41, 5.74) is 1.43. The van der Waals surface area contributed by atoms with Crippen molar-refractivity contribution in [1.82, 2.24) is 0 Å². The first-order valence-corrected chi connectivity index (χ1v) is 5.16. The van der Waals surface area contributed by atoms with Crippen molar-refractivity contribution < 1.29 is 14.1 Å². The van der Waals surface area contributed by atoms with Gasteiger partial charge in [0.2, 0.25) is 5.91 Å². The van der Waals surface area contributed by atoms with Gasteiger partial charge in [-0.2, -0.15) is 0 Å². The van der Waals surface area contributed by atoms with Crippen LogP contribution in [0.25, 0.3) is 11.1 Å². The topological polar surface area (TPSA) is 85.4 Å². The molecule has 18 heavy (non-hydrogen) atoms. The Balaban J connectivity index is 2.46. The number of anilines is 1. The van der Waals surface area contributed by atoms with Gasteiger partial charge in [0.15, 0.2) is 0 Å². The Hall–Kier alpha value is -2.63. The van der Waals surface area contributed by atoms with E-state index in [-0.39, 0.29) is 17.3 Å². The van der Waals surface area contributed by atoms with Crippen LogP contribution in [-0.4, -0.2) is 10.8 Å². The van der Waals surface area contributed by atoms with E-state index in [1.807, 2.05) is 0 Å². The molecule has 0 fully saturated rings. The Morgan fingerprint density at radius 1 is 1.33 bits per heavy atom. The maximum absolute atomic E-state index is 11.0. The maximum atomic E-state index is 11.0. The van der Waals surface area contributed by atoms with Gasteiger partial charge in [-0.3, -0.25) is 14.9 Å². The summed E-state index contributed by atoms with van der Waals surface area (Å²) in [6.07, 6.45) is 2.99. The first kappa shape index (κ1) is 11.8. The first-order chi connectivity index (χ1) is 8.58. The Morgan fingerprint density at radius 3 is 2.67 bits per heavy atom. The van der Waals surface area contributed by atoms with Gasteiger partial charge in [-0.1, -0.05) is 6.07 Å². The van der Waals surface area contributed by atoms with Crippen LogP contribution in [0.3, 0.4) is 0 Å². The highest BCUT2D eigenvalue weighted by molar-refractivity contribution is 5.92. The lowest BCUT2D eigenvalue weighted by Crippen LogP contribution is -2.07. The van der Waals surface area contributed by atoms with E-state index in [0.29, 0.717) is 5.56 Å². The molecule has 1 N–H and O–H groups in total. The normalized spacial score (nSPS) is 10.1. The summed E-state index contributed by atoms with van der Waals surface area (Å²) in [7, 11) is 0. The average Bonchev–Trinajstić information content (AvgIpc) is 2.82. The number of nitrogens with one attached hydrogen (secondary N) is 1. The molecule has 1 aromatic carbocycles. The van der Waals surface area contributed by atoms with Gasteiger partial charge in [0.1, 0.15) is 5.69 Å². The van der Waals surface area contributed by atoms with Gasteiger partial charge in [-0.15, -0.1) is 0 Å². The summed E-state index contributed by atoms with van der Waals surface area (Å²) in [5.74, 6) is -0.353. The Labute approximate surface area is 102 Å². The van der Waals surface area contributed by atoms with Gasteiger partial charge in [0, 0.05) is 18.6 Å². The molecule has 0 saturated heterocycles. The van der Waals surface area contributed by atoms with Gasteiger partial charge in [-0.05, 0) is 17.7 Å². The smallest absolute Gasteiger partial charge is 0.293 e. The van der Waals surface area contributed by atoms with Crippen molar-refractivity contribution in [1.29, 1.82) is 0 Å². The monoisotopic (exact) mass is 246 g/mol. The van der Waals surface area contributed by atoms with Crippen molar-refractivity contribution in [2.24, 2.45) is 0 Å². The SMILES string of the molecule is CC(=O)Nc1ccc(-c2ccoc2)cc1[N+](=O)[O-]. The molecule has 0 spiro atoms. The Bertz CT molecular complexity index is 590. The lowest BCUT2D eigenvalue weighted by atomic mass is 10.1. The number of carbonyl (C=O) groups is 1. The fourth-order valence-electron chi connectivity index (χ4n) is 1.59. The zero-order valence-electron chi connectivity index (χ0n) is 9.54. The van der Waals surface area contributed by atoms with Gasteiger partial charge in [0.25, 0.3) is 5.69 Å². The number of furan rings is 1. The van der Waals surface area contributed by atoms with Gasteiger partial charge >= 0.3 is 0 Å². The molecule has 92 valence electrons. The van der Waals surface area contributed by atoms with E-state index in [1.54, 1.807) is 12.1 Å². The summed E-state index contributed by atoms with van der Waals surface area (Å²) >= 11 is 0. The van der Waals surface area contributed by atoms with Crippen molar-refractivity contribution in [2.75, 3.05) is 5.32 Å². The van der Waals surface area contributed by atoms with Crippen molar-refractivity contribution in [3.8, 4) is 11.1 Å². The van der Waals surface area contributed by atoms with E-state index >= 15 is 0 Å². The van der Waals surface area contributed by atoms with Gasteiger partial charge in [0.05, 0.1) is 17.4 Å². The largest absolute Gasteiger partial charge is 0.472 e. The highest BCUT2D eigenvalue weighted by atomic mass is 16.6. The van der Waals surface area contributed by atoms with Crippen LogP contribution < -0.4 is 5.32 Å². The van der Waals surface area contributed by atoms with Gasteiger partial charge in [-0.25, -0.2) is 0 Å². The molecule has 0 bridgehead atoms. The minimum Gasteiger partial charge on any atom is -0.472 e. The van der Waals surface area contributed by atoms with E-state index < -0.39 is 4.92 Å². The molecule has 0 aliphatic carbocycles. The number of benzene rings is 1. The Kier molecular flexibility index (Phi) is 3.09. The van der Waals surface area contributed by atoms with Crippen LogP contribution >= 0.6 is 0 Å². The van der Waals surface area contributed by atoms with Crippen LogP contribution in [0, 0.1) is 10.1 Å². The van der Waals surface area contributed by atoms with Crippen LogP contribution in [0.4, 0.5) is 11.4 Å². The molecule has 1 amide bonds. The van der Waals surface area contributed by atoms with Crippen LogP contribution in [0.15, 0.2) is 41.2 Å². The highest BCUT2D eigenvalue weighted by Crippen LogP contribution is 2.30. The quantitative estimate of drug-likeness (QED) is 0.666. The Morgan fingerprint density at radius 2 is 2.11 bits per heavy atom. The van der Waals surface area contributed by atoms with Crippen molar-refractivity contribution in [3.05, 3.63) is 46.9 Å². The minimum absolute atomic E-state index is 0.149. The number of rotatable bonds is 3. The minimum atomic E-state index is -0.533. The molecular weight excluding hydrogens is 236 g/mol. The molecule has 0 radical (unpaired) electrons. The van der Waals surface area contributed by atoms with Crippen molar-refractivity contribution in [2.45, 2.75) is 6.92 Å². The average molecular weight is 246 g/mol. The third kappa shape index (κ3) is 2.37. The summed E-state index contributed by atoms with van der Waals surface area (Å²) in [4.78, 5) is 21.4. The highest BCUT2D eigenvalue weighted by Gasteiger charge is 2.16. The number of nitrogens with zero attached hydrogens (tertiary/aromatic N) is 1. The molecule has 2 rings (SSSR count). The molecule has 2 aromatic rings. The molecule has 0 aliphatic heterocycles. The number of nitro groups is 1. The molecule has 0 unspecified atom stereocenters. The van der Waals surface area contributed by atoms with Crippen LogP contribution in [0.1, 0.15) is 6.92 Å². The predicted molar refractivity (Wildman–Crippen MR) is 65.1 cm³/mol. The lowest BCUT2D eigenvalue weighted by Gasteiger charge is -2.05. The molecule has 0 aliphatic rings. The number of hydrogen-bond acceptors (Lipinski definition) is 4.